The van der Waals surface area contributed by atoms with Crippen LogP contribution in [0.5, 0.6) is 0 Å². The highest BCUT2D eigenvalue weighted by Crippen LogP contribution is 2.27. The summed E-state index contributed by atoms with van der Waals surface area (Å²) in [6, 6.07) is 0. The molecule has 1 atom stereocenters. The highest BCUT2D eigenvalue weighted by molar-refractivity contribution is 7.99. The van der Waals surface area contributed by atoms with E-state index in [1.807, 2.05) is 11.8 Å². The summed E-state index contributed by atoms with van der Waals surface area (Å²) in [6.07, 6.45) is 5.16. The third-order valence-electron chi connectivity index (χ3n) is 3.52. The molecule has 2 aliphatic rings. The van der Waals surface area contributed by atoms with Crippen molar-refractivity contribution in [3.05, 3.63) is 0 Å². The van der Waals surface area contributed by atoms with E-state index in [-0.39, 0.29) is 5.91 Å². The van der Waals surface area contributed by atoms with Crippen molar-refractivity contribution in [3.8, 4) is 0 Å². The van der Waals surface area contributed by atoms with Crippen molar-refractivity contribution in [2.45, 2.75) is 37.6 Å². The molecule has 1 aliphatic heterocycles. The second-order valence-corrected chi connectivity index (χ2v) is 5.95. The number of nitrogens with two attached hydrogens (primary N) is 1. The topological polar surface area (TPSA) is 55.1 Å². The van der Waals surface area contributed by atoms with E-state index < -0.39 is 5.54 Å². The predicted octanol–water partition coefficient (Wildman–Crippen LogP) is 1.13. The summed E-state index contributed by atoms with van der Waals surface area (Å²) in [4.78, 5) is 11.9. The molecule has 2 rings (SSSR count). The molecule has 15 heavy (non-hydrogen) atoms. The molecule has 0 aromatic rings. The summed E-state index contributed by atoms with van der Waals surface area (Å²) in [5.74, 6) is 3.19. The highest BCUT2D eigenvalue weighted by Gasteiger charge is 2.37. The van der Waals surface area contributed by atoms with E-state index >= 15 is 0 Å². The van der Waals surface area contributed by atoms with Crippen molar-refractivity contribution < 1.29 is 4.79 Å². The molecular formula is C11H20N2OS. The Labute approximate surface area is 95.6 Å². The first-order valence-electron chi connectivity index (χ1n) is 5.86. The van der Waals surface area contributed by atoms with Crippen LogP contribution in [0, 0.1) is 5.92 Å². The lowest BCUT2D eigenvalue weighted by molar-refractivity contribution is -0.126. The van der Waals surface area contributed by atoms with Gasteiger partial charge in [-0.1, -0.05) is 12.8 Å². The fourth-order valence-corrected chi connectivity index (χ4v) is 3.67. The van der Waals surface area contributed by atoms with E-state index in [0.29, 0.717) is 5.92 Å². The first-order valence-corrected chi connectivity index (χ1v) is 7.01. The molecule has 1 amide bonds. The number of carbonyl (C=O) groups excluding carboxylic acids is 1. The largest absolute Gasteiger partial charge is 0.354 e. The lowest BCUT2D eigenvalue weighted by Crippen LogP contribution is -2.52. The third-order valence-corrected chi connectivity index (χ3v) is 4.75. The third kappa shape index (κ3) is 2.67. The van der Waals surface area contributed by atoms with Gasteiger partial charge in [-0.15, -0.1) is 0 Å². The lowest BCUT2D eigenvalue weighted by atomic mass is 9.97. The van der Waals surface area contributed by atoms with Crippen molar-refractivity contribution >= 4 is 17.7 Å². The summed E-state index contributed by atoms with van der Waals surface area (Å²) in [7, 11) is 0. The Morgan fingerprint density at radius 3 is 2.80 bits per heavy atom. The van der Waals surface area contributed by atoms with Gasteiger partial charge in [0.2, 0.25) is 5.91 Å². The molecule has 0 radical (unpaired) electrons. The van der Waals surface area contributed by atoms with Crippen LogP contribution in [-0.2, 0) is 4.79 Å². The molecule has 2 fully saturated rings. The molecule has 0 spiro atoms. The fourth-order valence-electron chi connectivity index (χ4n) is 2.39. The molecular weight excluding hydrogens is 208 g/mol. The molecule has 3 N–H and O–H groups in total. The van der Waals surface area contributed by atoms with Gasteiger partial charge in [0.25, 0.3) is 0 Å². The molecule has 0 aromatic heterocycles. The monoisotopic (exact) mass is 228 g/mol. The Morgan fingerprint density at radius 2 is 2.20 bits per heavy atom. The van der Waals surface area contributed by atoms with Crippen LogP contribution in [-0.4, -0.2) is 29.5 Å². The molecule has 4 heteroatoms. The molecule has 0 aromatic carbocycles. The number of hydrogen-bond donors (Lipinski definition) is 2. The Balaban J connectivity index is 1.76. The molecule has 1 aliphatic carbocycles. The minimum atomic E-state index is -0.550. The summed E-state index contributed by atoms with van der Waals surface area (Å²) in [5, 5.41) is 3.03. The van der Waals surface area contributed by atoms with Gasteiger partial charge in [-0.25, -0.2) is 0 Å². The van der Waals surface area contributed by atoms with Gasteiger partial charge >= 0.3 is 0 Å². The minimum Gasteiger partial charge on any atom is -0.354 e. The molecule has 1 saturated heterocycles. The predicted molar refractivity (Wildman–Crippen MR) is 63.8 cm³/mol. The Hall–Kier alpha value is -0.220. The quantitative estimate of drug-likeness (QED) is 0.761. The SMILES string of the molecule is NC1(C(=O)NCC2CCSC2)CCCC1. The Kier molecular flexibility index (Phi) is 3.57. The van der Waals surface area contributed by atoms with E-state index in [4.69, 9.17) is 5.73 Å². The van der Waals surface area contributed by atoms with Gasteiger partial charge in [0, 0.05) is 6.54 Å². The number of hydrogen-bond acceptors (Lipinski definition) is 3. The van der Waals surface area contributed by atoms with Crippen LogP contribution < -0.4 is 11.1 Å². The standard InChI is InChI=1S/C11H20N2OS/c12-11(4-1-2-5-11)10(14)13-7-9-3-6-15-8-9/h9H,1-8,12H2,(H,13,14). The van der Waals surface area contributed by atoms with Crippen LogP contribution in [0.4, 0.5) is 0 Å². The molecule has 3 nitrogen and oxygen atoms in total. The molecule has 0 bridgehead atoms. The smallest absolute Gasteiger partial charge is 0.240 e. The van der Waals surface area contributed by atoms with Gasteiger partial charge in [0.15, 0.2) is 0 Å². The molecule has 1 saturated carbocycles. The minimum absolute atomic E-state index is 0.0805. The van der Waals surface area contributed by atoms with Crippen LogP contribution in [0.1, 0.15) is 32.1 Å². The second kappa shape index (κ2) is 4.74. The zero-order chi connectivity index (χ0) is 10.7. The number of carbonyl (C=O) groups is 1. The average molecular weight is 228 g/mol. The van der Waals surface area contributed by atoms with Gasteiger partial charge in [-0.3, -0.25) is 4.79 Å². The summed E-state index contributed by atoms with van der Waals surface area (Å²) in [6.45, 7) is 0.824. The Bertz CT molecular complexity index is 233. The highest BCUT2D eigenvalue weighted by atomic mass is 32.2. The van der Waals surface area contributed by atoms with Crippen LogP contribution in [0.3, 0.4) is 0 Å². The van der Waals surface area contributed by atoms with E-state index in [2.05, 4.69) is 5.32 Å². The molecule has 1 heterocycles. The maximum Gasteiger partial charge on any atom is 0.240 e. The van der Waals surface area contributed by atoms with Crippen LogP contribution in [0.15, 0.2) is 0 Å². The molecule has 1 unspecified atom stereocenters. The Morgan fingerprint density at radius 1 is 1.47 bits per heavy atom. The maximum absolute atomic E-state index is 11.9. The van der Waals surface area contributed by atoms with E-state index in [9.17, 15) is 4.79 Å². The normalized spacial score (nSPS) is 29.3. The average Bonchev–Trinajstić information content (AvgIpc) is 2.85. The number of nitrogens with one attached hydrogen (secondary N) is 1. The van der Waals surface area contributed by atoms with Gasteiger partial charge in [0.05, 0.1) is 5.54 Å². The second-order valence-electron chi connectivity index (χ2n) is 4.80. The summed E-state index contributed by atoms with van der Waals surface area (Å²) >= 11 is 1.98. The van der Waals surface area contributed by atoms with Crippen LogP contribution in [0.25, 0.3) is 0 Å². The first-order chi connectivity index (χ1) is 7.21. The van der Waals surface area contributed by atoms with E-state index in [0.717, 1.165) is 32.2 Å². The molecule has 86 valence electrons. The number of rotatable bonds is 3. The summed E-state index contributed by atoms with van der Waals surface area (Å²) < 4.78 is 0. The maximum atomic E-state index is 11.9. The fraction of sp³-hybridized carbons (Fsp3) is 0.909. The van der Waals surface area contributed by atoms with Crippen molar-refractivity contribution in [1.82, 2.24) is 5.32 Å². The zero-order valence-corrected chi connectivity index (χ0v) is 9.94. The number of thioether (sulfide) groups is 1. The van der Waals surface area contributed by atoms with Crippen LogP contribution >= 0.6 is 11.8 Å². The zero-order valence-electron chi connectivity index (χ0n) is 9.13. The van der Waals surface area contributed by atoms with Crippen molar-refractivity contribution in [2.75, 3.05) is 18.1 Å². The van der Waals surface area contributed by atoms with Gasteiger partial charge in [-0.05, 0) is 36.7 Å². The summed E-state index contributed by atoms with van der Waals surface area (Å²) in [5.41, 5.74) is 5.52. The number of amides is 1. The van der Waals surface area contributed by atoms with Gasteiger partial charge < -0.3 is 11.1 Å². The van der Waals surface area contributed by atoms with E-state index in [1.165, 1.54) is 17.9 Å². The van der Waals surface area contributed by atoms with Crippen molar-refractivity contribution in [1.29, 1.82) is 0 Å². The van der Waals surface area contributed by atoms with Crippen LogP contribution in [0.2, 0.25) is 0 Å². The van der Waals surface area contributed by atoms with Crippen molar-refractivity contribution in [3.63, 3.8) is 0 Å². The van der Waals surface area contributed by atoms with Crippen molar-refractivity contribution in [2.24, 2.45) is 11.7 Å². The van der Waals surface area contributed by atoms with E-state index in [1.54, 1.807) is 0 Å². The van der Waals surface area contributed by atoms with Gasteiger partial charge in [0.1, 0.15) is 0 Å². The first kappa shape index (κ1) is 11.3. The lowest BCUT2D eigenvalue weighted by Gasteiger charge is -2.23. The van der Waals surface area contributed by atoms with Gasteiger partial charge in [-0.2, -0.15) is 11.8 Å².